The Kier molecular flexibility index (Phi) is 6.93. The van der Waals surface area contributed by atoms with Crippen molar-refractivity contribution in [2.75, 3.05) is 25.5 Å². The summed E-state index contributed by atoms with van der Waals surface area (Å²) in [5.74, 6) is -0.499. The molecule has 1 N–H and O–H groups in total. The number of nitrogens with one attached hydrogen (secondary N) is 1. The lowest BCUT2D eigenvalue weighted by atomic mass is 9.93. The summed E-state index contributed by atoms with van der Waals surface area (Å²) in [6.45, 7) is 6.52. The van der Waals surface area contributed by atoms with Crippen molar-refractivity contribution in [1.82, 2.24) is 9.88 Å². The van der Waals surface area contributed by atoms with Crippen molar-refractivity contribution in [2.24, 2.45) is 0 Å². The van der Waals surface area contributed by atoms with Crippen LogP contribution in [0.2, 0.25) is 0 Å². The maximum absolute atomic E-state index is 12.4. The second kappa shape index (κ2) is 9.91. The average Bonchev–Trinajstić information content (AvgIpc) is 3.12. The lowest BCUT2D eigenvalue weighted by Crippen LogP contribution is -2.48. The van der Waals surface area contributed by atoms with E-state index in [0.29, 0.717) is 23.6 Å². The van der Waals surface area contributed by atoms with Crippen LogP contribution < -0.4 is 5.32 Å². The number of methoxy groups -OCH3 is 1. The number of likely N-dealkylation sites (tertiary alicyclic amines) is 1. The number of hydrogen-bond donors (Lipinski definition) is 1. The van der Waals surface area contributed by atoms with Gasteiger partial charge in [-0.15, -0.1) is 11.3 Å². The zero-order valence-corrected chi connectivity index (χ0v) is 20.8. The van der Waals surface area contributed by atoms with Gasteiger partial charge in [-0.1, -0.05) is 30.3 Å². The van der Waals surface area contributed by atoms with E-state index in [1.165, 1.54) is 18.4 Å². The van der Waals surface area contributed by atoms with E-state index in [0.717, 1.165) is 15.8 Å². The standard InChI is InChI=1S/C25H27N3O6S/c1-25(2,3)34-23(30)27-21-19(22(29)32-4)20-18(35-21)10-16(11-26-20)17-12-28(13-17)24(31)33-14-15-8-6-5-7-9-15/h5-11,17H,12-14H2,1-4H3,(H,27,30). The van der Waals surface area contributed by atoms with E-state index in [9.17, 15) is 14.4 Å². The Morgan fingerprint density at radius 2 is 1.89 bits per heavy atom. The van der Waals surface area contributed by atoms with Crippen molar-refractivity contribution in [3.63, 3.8) is 0 Å². The number of anilines is 1. The van der Waals surface area contributed by atoms with E-state index in [1.54, 1.807) is 31.9 Å². The van der Waals surface area contributed by atoms with Crippen LogP contribution >= 0.6 is 11.3 Å². The highest BCUT2D eigenvalue weighted by Gasteiger charge is 2.34. The average molecular weight is 498 g/mol. The molecule has 0 bridgehead atoms. The van der Waals surface area contributed by atoms with Gasteiger partial charge in [0, 0.05) is 25.2 Å². The molecule has 35 heavy (non-hydrogen) atoms. The van der Waals surface area contributed by atoms with Crippen molar-refractivity contribution < 1.29 is 28.6 Å². The lowest BCUT2D eigenvalue weighted by molar-refractivity contribution is 0.0603. The largest absolute Gasteiger partial charge is 0.465 e. The van der Waals surface area contributed by atoms with E-state index >= 15 is 0 Å². The van der Waals surface area contributed by atoms with E-state index in [-0.39, 0.29) is 24.2 Å². The molecule has 2 aromatic heterocycles. The first-order chi connectivity index (χ1) is 16.6. The summed E-state index contributed by atoms with van der Waals surface area (Å²) in [6.07, 6.45) is 0.668. The lowest BCUT2D eigenvalue weighted by Gasteiger charge is -2.38. The molecule has 0 saturated carbocycles. The molecule has 1 fully saturated rings. The fourth-order valence-corrected chi connectivity index (χ4v) is 4.72. The highest BCUT2D eigenvalue weighted by Crippen LogP contribution is 2.38. The topological polar surface area (TPSA) is 107 Å². The molecule has 1 aliphatic rings. The highest BCUT2D eigenvalue weighted by atomic mass is 32.1. The van der Waals surface area contributed by atoms with Crippen LogP contribution in [0, 0.1) is 0 Å². The van der Waals surface area contributed by atoms with Gasteiger partial charge >= 0.3 is 18.2 Å². The molecular formula is C25H27N3O6S. The summed E-state index contributed by atoms with van der Waals surface area (Å²) in [4.78, 5) is 43.2. The number of carbonyl (C=O) groups is 3. The van der Waals surface area contributed by atoms with Crippen LogP contribution in [0.15, 0.2) is 42.6 Å². The number of hydrogen-bond acceptors (Lipinski definition) is 8. The minimum absolute atomic E-state index is 0.0992. The number of benzene rings is 1. The zero-order valence-electron chi connectivity index (χ0n) is 20.0. The molecule has 1 saturated heterocycles. The summed E-state index contributed by atoms with van der Waals surface area (Å²) in [5.41, 5.74) is 1.81. The number of aromatic nitrogens is 1. The Balaban J connectivity index is 1.45. The van der Waals surface area contributed by atoms with Gasteiger partial charge in [0.25, 0.3) is 0 Å². The van der Waals surface area contributed by atoms with Gasteiger partial charge in [-0.05, 0) is 38.0 Å². The van der Waals surface area contributed by atoms with Crippen LogP contribution in [0.25, 0.3) is 10.2 Å². The van der Waals surface area contributed by atoms with Crippen molar-refractivity contribution in [1.29, 1.82) is 0 Å². The first-order valence-corrected chi connectivity index (χ1v) is 11.9. The van der Waals surface area contributed by atoms with Crippen LogP contribution in [-0.4, -0.2) is 53.8 Å². The Labute approximate surface area is 207 Å². The third kappa shape index (κ3) is 5.71. The summed E-state index contributed by atoms with van der Waals surface area (Å²) in [5, 5.41) is 2.96. The van der Waals surface area contributed by atoms with Crippen LogP contribution in [0.1, 0.15) is 48.2 Å². The van der Waals surface area contributed by atoms with Gasteiger partial charge < -0.3 is 19.1 Å². The molecule has 0 aliphatic carbocycles. The minimum atomic E-state index is -0.685. The number of carbonyl (C=O) groups excluding carboxylic acids is 3. The van der Waals surface area contributed by atoms with Gasteiger partial charge in [-0.25, -0.2) is 14.4 Å². The Morgan fingerprint density at radius 3 is 2.54 bits per heavy atom. The van der Waals surface area contributed by atoms with Gasteiger partial charge in [0.1, 0.15) is 22.8 Å². The maximum atomic E-state index is 12.4. The molecule has 0 atom stereocenters. The normalized spacial score (nSPS) is 13.8. The summed E-state index contributed by atoms with van der Waals surface area (Å²) >= 11 is 1.22. The number of pyridine rings is 1. The first-order valence-electron chi connectivity index (χ1n) is 11.1. The fraction of sp³-hybridized carbons (Fsp3) is 0.360. The van der Waals surface area contributed by atoms with Crippen molar-refractivity contribution in [2.45, 2.75) is 38.9 Å². The molecule has 3 aromatic rings. The SMILES string of the molecule is COC(=O)c1c(NC(=O)OC(C)(C)C)sc2cc(C3CN(C(=O)OCc4ccccc4)C3)cnc12. The smallest absolute Gasteiger partial charge is 0.412 e. The Hall–Kier alpha value is -3.66. The number of rotatable bonds is 5. The molecule has 3 heterocycles. The molecule has 0 unspecified atom stereocenters. The molecule has 10 heteroatoms. The first kappa shape index (κ1) is 24.5. The van der Waals surface area contributed by atoms with E-state index in [1.807, 2.05) is 36.4 Å². The number of thiophene rings is 1. The van der Waals surface area contributed by atoms with Gasteiger partial charge in [0.2, 0.25) is 0 Å². The van der Waals surface area contributed by atoms with Crippen LogP contribution in [0.3, 0.4) is 0 Å². The molecule has 0 radical (unpaired) electrons. The third-order valence-corrected chi connectivity index (χ3v) is 6.41. The summed E-state index contributed by atoms with van der Waals surface area (Å²) in [7, 11) is 1.28. The van der Waals surface area contributed by atoms with Gasteiger partial charge in [-0.3, -0.25) is 10.3 Å². The molecule has 184 valence electrons. The van der Waals surface area contributed by atoms with Crippen LogP contribution in [-0.2, 0) is 20.8 Å². The van der Waals surface area contributed by atoms with E-state index < -0.39 is 17.7 Å². The zero-order chi connectivity index (χ0) is 25.2. The summed E-state index contributed by atoms with van der Waals surface area (Å²) < 4.78 is 16.3. The third-order valence-electron chi connectivity index (χ3n) is 5.37. The number of ether oxygens (including phenoxy) is 3. The second-order valence-electron chi connectivity index (χ2n) is 9.18. The van der Waals surface area contributed by atoms with Gasteiger partial charge in [0.05, 0.1) is 17.3 Å². The van der Waals surface area contributed by atoms with Crippen molar-refractivity contribution in [3.05, 3.63) is 59.3 Å². The van der Waals surface area contributed by atoms with Gasteiger partial charge in [0.15, 0.2) is 0 Å². The number of fused-ring (bicyclic) bond motifs is 1. The molecule has 4 rings (SSSR count). The highest BCUT2D eigenvalue weighted by molar-refractivity contribution is 7.23. The molecule has 0 spiro atoms. The molecular weight excluding hydrogens is 470 g/mol. The number of esters is 1. The Bertz CT molecular complexity index is 1250. The second-order valence-corrected chi connectivity index (χ2v) is 10.2. The Morgan fingerprint density at radius 1 is 1.17 bits per heavy atom. The predicted molar refractivity (Wildman–Crippen MR) is 132 cm³/mol. The van der Waals surface area contributed by atoms with E-state index in [4.69, 9.17) is 14.2 Å². The molecule has 2 amide bonds. The minimum Gasteiger partial charge on any atom is -0.465 e. The van der Waals surface area contributed by atoms with Crippen LogP contribution in [0.5, 0.6) is 0 Å². The van der Waals surface area contributed by atoms with Crippen molar-refractivity contribution >= 4 is 44.7 Å². The number of amides is 2. The fourth-order valence-electron chi connectivity index (χ4n) is 3.64. The van der Waals surface area contributed by atoms with Crippen LogP contribution in [0.4, 0.5) is 14.6 Å². The van der Waals surface area contributed by atoms with E-state index in [2.05, 4.69) is 10.3 Å². The summed E-state index contributed by atoms with van der Waals surface area (Å²) in [6, 6.07) is 11.4. The molecule has 9 nitrogen and oxygen atoms in total. The monoisotopic (exact) mass is 497 g/mol. The number of nitrogens with zero attached hydrogens (tertiary/aromatic N) is 2. The van der Waals surface area contributed by atoms with Crippen molar-refractivity contribution in [3.8, 4) is 0 Å². The van der Waals surface area contributed by atoms with Gasteiger partial charge in [-0.2, -0.15) is 0 Å². The quantitative estimate of drug-likeness (QED) is 0.383. The maximum Gasteiger partial charge on any atom is 0.412 e. The predicted octanol–water partition coefficient (Wildman–Crippen LogP) is 5.17. The molecule has 1 aliphatic heterocycles. The molecule has 1 aromatic carbocycles.